The molecule has 2 atom stereocenters. The van der Waals surface area contributed by atoms with Crippen molar-refractivity contribution in [3.8, 4) is 0 Å². The number of halogens is 1. The molecule has 0 saturated carbocycles. The van der Waals surface area contributed by atoms with Crippen molar-refractivity contribution in [3.63, 3.8) is 0 Å². The van der Waals surface area contributed by atoms with Crippen molar-refractivity contribution in [2.24, 2.45) is 5.92 Å². The molecule has 0 spiro atoms. The fourth-order valence-corrected chi connectivity index (χ4v) is 2.94. The highest BCUT2D eigenvalue weighted by Gasteiger charge is 2.31. The molecular weight excluding hydrogens is 232 g/mol. The number of rotatable bonds is 4. The van der Waals surface area contributed by atoms with E-state index >= 15 is 0 Å². The lowest BCUT2D eigenvalue weighted by molar-refractivity contribution is 0.0105. The van der Waals surface area contributed by atoms with Crippen LogP contribution in [0.2, 0.25) is 0 Å². The number of methoxy groups -OCH3 is 1. The standard InChI is InChI=1S/C15H21ClO/c1-15(2,17-3)9-8-12-10-11-6-4-5-7-13(11)14(12)16/h4-7,12,14H,8-10H2,1-3H3. The van der Waals surface area contributed by atoms with E-state index in [0.29, 0.717) is 5.92 Å². The van der Waals surface area contributed by atoms with Crippen molar-refractivity contribution in [1.82, 2.24) is 0 Å². The maximum Gasteiger partial charge on any atom is 0.0622 e. The van der Waals surface area contributed by atoms with E-state index in [4.69, 9.17) is 16.3 Å². The van der Waals surface area contributed by atoms with Gasteiger partial charge in [0.25, 0.3) is 0 Å². The van der Waals surface area contributed by atoms with Crippen LogP contribution in [0.5, 0.6) is 0 Å². The summed E-state index contributed by atoms with van der Waals surface area (Å²) in [4.78, 5) is 0. The van der Waals surface area contributed by atoms with Gasteiger partial charge in [-0.05, 0) is 50.2 Å². The molecule has 0 fully saturated rings. The molecule has 0 amide bonds. The number of hydrogen-bond donors (Lipinski definition) is 0. The molecule has 1 nitrogen and oxygen atoms in total. The number of hydrogen-bond acceptors (Lipinski definition) is 1. The maximum absolute atomic E-state index is 6.54. The molecule has 2 unspecified atom stereocenters. The first-order chi connectivity index (χ1) is 8.03. The second kappa shape index (κ2) is 4.99. The Morgan fingerprint density at radius 2 is 2.06 bits per heavy atom. The third-order valence-electron chi connectivity index (χ3n) is 3.92. The van der Waals surface area contributed by atoms with Crippen LogP contribution in [0.4, 0.5) is 0 Å². The van der Waals surface area contributed by atoms with Crippen LogP contribution in [-0.4, -0.2) is 12.7 Å². The molecule has 17 heavy (non-hydrogen) atoms. The van der Waals surface area contributed by atoms with E-state index in [2.05, 4.69) is 38.1 Å². The number of alkyl halides is 1. The molecule has 0 N–H and O–H groups in total. The Hall–Kier alpha value is -0.530. The summed E-state index contributed by atoms with van der Waals surface area (Å²) in [5.74, 6) is 0.559. The van der Waals surface area contributed by atoms with Gasteiger partial charge < -0.3 is 4.74 Å². The van der Waals surface area contributed by atoms with Gasteiger partial charge in [0.1, 0.15) is 0 Å². The zero-order chi connectivity index (χ0) is 12.5. The monoisotopic (exact) mass is 252 g/mol. The van der Waals surface area contributed by atoms with Crippen LogP contribution in [0.1, 0.15) is 43.2 Å². The van der Waals surface area contributed by atoms with Crippen molar-refractivity contribution in [3.05, 3.63) is 35.4 Å². The maximum atomic E-state index is 6.54. The highest BCUT2D eigenvalue weighted by atomic mass is 35.5. The summed E-state index contributed by atoms with van der Waals surface area (Å²) < 4.78 is 5.47. The molecule has 1 aliphatic rings. The molecule has 0 saturated heterocycles. The molecule has 2 heteroatoms. The highest BCUT2D eigenvalue weighted by molar-refractivity contribution is 6.21. The summed E-state index contributed by atoms with van der Waals surface area (Å²) in [5, 5.41) is 0.179. The number of fused-ring (bicyclic) bond motifs is 1. The van der Waals surface area contributed by atoms with Gasteiger partial charge in [-0.3, -0.25) is 0 Å². The molecule has 0 bridgehead atoms. The first-order valence-electron chi connectivity index (χ1n) is 6.30. The third-order valence-corrected chi connectivity index (χ3v) is 4.51. The Morgan fingerprint density at radius 3 is 2.71 bits per heavy atom. The summed E-state index contributed by atoms with van der Waals surface area (Å²) in [6, 6.07) is 8.54. The molecule has 0 radical (unpaired) electrons. The Kier molecular flexibility index (Phi) is 3.79. The first-order valence-corrected chi connectivity index (χ1v) is 6.74. The lowest BCUT2D eigenvalue weighted by Crippen LogP contribution is -2.23. The topological polar surface area (TPSA) is 9.23 Å². The molecule has 94 valence electrons. The molecule has 2 rings (SSSR count). The Balaban J connectivity index is 1.99. The van der Waals surface area contributed by atoms with Gasteiger partial charge in [-0.15, -0.1) is 11.6 Å². The van der Waals surface area contributed by atoms with Crippen LogP contribution in [0.3, 0.4) is 0 Å². The quantitative estimate of drug-likeness (QED) is 0.725. The zero-order valence-electron chi connectivity index (χ0n) is 10.9. The normalized spacial score (nSPS) is 23.8. The van der Waals surface area contributed by atoms with Crippen molar-refractivity contribution in [2.45, 2.75) is 44.1 Å². The van der Waals surface area contributed by atoms with Gasteiger partial charge >= 0.3 is 0 Å². The van der Waals surface area contributed by atoms with E-state index in [9.17, 15) is 0 Å². The molecule has 1 aromatic rings. The predicted octanol–water partition coefficient (Wildman–Crippen LogP) is 4.34. The number of ether oxygens (including phenoxy) is 1. The fraction of sp³-hybridized carbons (Fsp3) is 0.600. The third kappa shape index (κ3) is 2.83. The summed E-state index contributed by atoms with van der Waals surface area (Å²) >= 11 is 6.54. The zero-order valence-corrected chi connectivity index (χ0v) is 11.6. The first kappa shape index (κ1) is 12.9. The minimum atomic E-state index is -0.0363. The van der Waals surface area contributed by atoms with Gasteiger partial charge in [-0.2, -0.15) is 0 Å². The van der Waals surface area contributed by atoms with Crippen molar-refractivity contribution >= 4 is 11.6 Å². The molecule has 1 aromatic carbocycles. The van der Waals surface area contributed by atoms with Crippen LogP contribution in [0.15, 0.2) is 24.3 Å². The van der Waals surface area contributed by atoms with Crippen LogP contribution in [-0.2, 0) is 11.2 Å². The van der Waals surface area contributed by atoms with Gasteiger partial charge in [0.05, 0.1) is 11.0 Å². The average Bonchev–Trinajstić information content (AvgIpc) is 2.65. The van der Waals surface area contributed by atoms with Crippen molar-refractivity contribution in [2.75, 3.05) is 7.11 Å². The average molecular weight is 253 g/mol. The highest BCUT2D eigenvalue weighted by Crippen LogP contribution is 2.43. The molecular formula is C15H21ClO. The SMILES string of the molecule is COC(C)(C)CCC1Cc2ccccc2C1Cl. The molecule has 1 aliphatic carbocycles. The molecule has 0 aliphatic heterocycles. The van der Waals surface area contributed by atoms with E-state index < -0.39 is 0 Å². The Bertz CT molecular complexity index is 386. The largest absolute Gasteiger partial charge is 0.379 e. The van der Waals surface area contributed by atoms with Crippen LogP contribution in [0, 0.1) is 5.92 Å². The second-order valence-electron chi connectivity index (χ2n) is 5.57. The fourth-order valence-electron chi connectivity index (χ4n) is 2.51. The van der Waals surface area contributed by atoms with Gasteiger partial charge in [0, 0.05) is 7.11 Å². The van der Waals surface area contributed by atoms with E-state index in [0.717, 1.165) is 19.3 Å². The van der Waals surface area contributed by atoms with Crippen LogP contribution >= 0.6 is 11.6 Å². The molecule has 0 aromatic heterocycles. The molecule has 0 heterocycles. The second-order valence-corrected chi connectivity index (χ2v) is 6.04. The summed E-state index contributed by atoms with van der Waals surface area (Å²) in [6.07, 6.45) is 3.30. The minimum Gasteiger partial charge on any atom is -0.379 e. The Morgan fingerprint density at radius 1 is 1.35 bits per heavy atom. The van der Waals surface area contributed by atoms with Gasteiger partial charge in [0.15, 0.2) is 0 Å². The van der Waals surface area contributed by atoms with Crippen molar-refractivity contribution < 1.29 is 4.74 Å². The summed E-state index contributed by atoms with van der Waals surface area (Å²) in [6.45, 7) is 4.27. The lowest BCUT2D eigenvalue weighted by atomic mass is 9.93. The van der Waals surface area contributed by atoms with E-state index in [1.165, 1.54) is 11.1 Å². The van der Waals surface area contributed by atoms with E-state index in [-0.39, 0.29) is 11.0 Å². The number of benzene rings is 1. The van der Waals surface area contributed by atoms with Crippen molar-refractivity contribution in [1.29, 1.82) is 0 Å². The van der Waals surface area contributed by atoms with Gasteiger partial charge in [-0.25, -0.2) is 0 Å². The van der Waals surface area contributed by atoms with E-state index in [1.807, 2.05) is 0 Å². The van der Waals surface area contributed by atoms with Gasteiger partial charge in [-0.1, -0.05) is 24.3 Å². The summed E-state index contributed by atoms with van der Waals surface area (Å²) in [7, 11) is 1.78. The summed E-state index contributed by atoms with van der Waals surface area (Å²) in [5.41, 5.74) is 2.72. The van der Waals surface area contributed by atoms with Crippen LogP contribution in [0.25, 0.3) is 0 Å². The minimum absolute atomic E-state index is 0.0363. The van der Waals surface area contributed by atoms with E-state index in [1.54, 1.807) is 7.11 Å². The lowest BCUT2D eigenvalue weighted by Gasteiger charge is -2.25. The predicted molar refractivity (Wildman–Crippen MR) is 72.6 cm³/mol. The smallest absolute Gasteiger partial charge is 0.0622 e. The van der Waals surface area contributed by atoms with Gasteiger partial charge in [0.2, 0.25) is 0 Å². The van der Waals surface area contributed by atoms with Crippen LogP contribution < -0.4 is 0 Å². The Labute approximate surface area is 109 Å².